The van der Waals surface area contributed by atoms with E-state index in [0.29, 0.717) is 5.82 Å². The molecule has 2 aromatic heterocycles. The number of hydrogen-bond donors (Lipinski definition) is 0. The molecule has 0 radical (unpaired) electrons. The van der Waals surface area contributed by atoms with Crippen molar-refractivity contribution in [3.05, 3.63) is 235 Å². The molecule has 0 saturated carbocycles. The summed E-state index contributed by atoms with van der Waals surface area (Å²) in [4.78, 5) is 15.1. The van der Waals surface area contributed by atoms with E-state index in [1.807, 2.05) is 36.5 Å². The molecule has 10 aromatic rings. The largest absolute Gasteiger partial charge is 0.256 e. The van der Waals surface area contributed by atoms with Gasteiger partial charge in [0.15, 0.2) is 5.82 Å². The standard InChI is InChI=1S/C54H35N3/c1-4-17-36(18-5-1)53-56-50(43-26-15-31-49-42(43)28-16-34-55-49)35-51(57-53)44-33-32-41(39-23-10-11-24-40(39)44)45-27-14-30-48-52(45)46-25-12-13-29-47(46)54(48,37-19-6-2-7-20-37)38-21-8-3-9-22-38/h1-35H. The SMILES string of the molecule is c1ccc(-c2nc(-c3cccc4ncccc34)cc(-c3ccc(-c4cccc5c4-c4ccccc4C5(c4ccccc4)c4ccccc4)c4ccccc34)n2)cc1. The lowest BCUT2D eigenvalue weighted by Crippen LogP contribution is -2.28. The van der Waals surface area contributed by atoms with Crippen molar-refractivity contribution >= 4 is 21.7 Å². The van der Waals surface area contributed by atoms with Crippen LogP contribution in [0.1, 0.15) is 22.3 Å². The first-order valence-electron chi connectivity index (χ1n) is 19.4. The third kappa shape index (κ3) is 5.17. The zero-order chi connectivity index (χ0) is 37.8. The van der Waals surface area contributed by atoms with E-state index < -0.39 is 5.41 Å². The summed E-state index contributed by atoms with van der Waals surface area (Å²) in [6.45, 7) is 0. The van der Waals surface area contributed by atoms with E-state index in [2.05, 4.69) is 181 Å². The summed E-state index contributed by atoms with van der Waals surface area (Å²) < 4.78 is 0. The molecule has 0 amide bonds. The van der Waals surface area contributed by atoms with Crippen LogP contribution in [0.2, 0.25) is 0 Å². The number of pyridine rings is 1. The first kappa shape index (κ1) is 32.9. The molecule has 1 aliphatic carbocycles. The van der Waals surface area contributed by atoms with Gasteiger partial charge < -0.3 is 0 Å². The second-order valence-electron chi connectivity index (χ2n) is 14.7. The number of benzene rings is 8. The minimum atomic E-state index is -0.470. The van der Waals surface area contributed by atoms with Crippen molar-refractivity contribution in [1.29, 1.82) is 0 Å². The zero-order valence-corrected chi connectivity index (χ0v) is 31.0. The van der Waals surface area contributed by atoms with E-state index in [9.17, 15) is 0 Å². The number of hydrogen-bond acceptors (Lipinski definition) is 3. The minimum absolute atomic E-state index is 0.470. The highest BCUT2D eigenvalue weighted by Crippen LogP contribution is 2.58. The fourth-order valence-corrected chi connectivity index (χ4v) is 9.24. The average molecular weight is 726 g/mol. The van der Waals surface area contributed by atoms with Gasteiger partial charge in [0.25, 0.3) is 0 Å². The van der Waals surface area contributed by atoms with Crippen molar-refractivity contribution < 1.29 is 0 Å². The Labute approximate surface area is 331 Å². The first-order chi connectivity index (χ1) is 28.3. The molecule has 0 saturated heterocycles. The molecule has 0 aliphatic heterocycles. The third-order valence-electron chi connectivity index (χ3n) is 11.7. The van der Waals surface area contributed by atoms with Crippen LogP contribution in [-0.4, -0.2) is 15.0 Å². The van der Waals surface area contributed by atoms with Gasteiger partial charge in [-0.15, -0.1) is 0 Å². The van der Waals surface area contributed by atoms with Crippen molar-refractivity contribution in [2.24, 2.45) is 0 Å². The van der Waals surface area contributed by atoms with E-state index in [1.165, 1.54) is 49.9 Å². The Balaban J connectivity index is 1.15. The summed E-state index contributed by atoms with van der Waals surface area (Å²) in [5.74, 6) is 0.688. The molecule has 3 heteroatoms. The fraction of sp³-hybridized carbons (Fsp3) is 0.0185. The molecule has 266 valence electrons. The van der Waals surface area contributed by atoms with Crippen LogP contribution >= 0.6 is 0 Å². The number of fused-ring (bicyclic) bond motifs is 5. The van der Waals surface area contributed by atoms with Crippen LogP contribution in [0.15, 0.2) is 212 Å². The lowest BCUT2D eigenvalue weighted by molar-refractivity contribution is 0.768. The van der Waals surface area contributed by atoms with Crippen LogP contribution in [0.4, 0.5) is 0 Å². The first-order valence-corrected chi connectivity index (χ1v) is 19.4. The summed E-state index contributed by atoms with van der Waals surface area (Å²) in [5.41, 5.74) is 15.3. The van der Waals surface area contributed by atoms with E-state index in [-0.39, 0.29) is 0 Å². The number of aromatic nitrogens is 3. The Morgan fingerprint density at radius 1 is 0.351 bits per heavy atom. The van der Waals surface area contributed by atoms with Crippen molar-refractivity contribution in [2.45, 2.75) is 5.41 Å². The Morgan fingerprint density at radius 2 is 0.877 bits per heavy atom. The third-order valence-corrected chi connectivity index (χ3v) is 11.7. The molecule has 11 rings (SSSR count). The van der Waals surface area contributed by atoms with Crippen molar-refractivity contribution in [3.8, 4) is 56.2 Å². The number of nitrogens with zero attached hydrogens (tertiary/aromatic N) is 3. The van der Waals surface area contributed by atoms with Crippen molar-refractivity contribution in [2.75, 3.05) is 0 Å². The average Bonchev–Trinajstić information content (AvgIpc) is 3.60. The van der Waals surface area contributed by atoms with Gasteiger partial charge in [0.2, 0.25) is 0 Å². The predicted molar refractivity (Wildman–Crippen MR) is 234 cm³/mol. The molecule has 57 heavy (non-hydrogen) atoms. The van der Waals surface area contributed by atoms with Gasteiger partial charge in [0.1, 0.15) is 0 Å². The van der Waals surface area contributed by atoms with Gasteiger partial charge in [0.05, 0.1) is 22.3 Å². The van der Waals surface area contributed by atoms with Gasteiger partial charge in [-0.1, -0.05) is 188 Å². The smallest absolute Gasteiger partial charge is 0.160 e. The van der Waals surface area contributed by atoms with Crippen LogP contribution < -0.4 is 0 Å². The maximum atomic E-state index is 5.28. The predicted octanol–water partition coefficient (Wildman–Crippen LogP) is 13.2. The highest BCUT2D eigenvalue weighted by atomic mass is 14.9. The second-order valence-corrected chi connectivity index (χ2v) is 14.7. The fourth-order valence-electron chi connectivity index (χ4n) is 9.24. The summed E-state index contributed by atoms with van der Waals surface area (Å²) in [5, 5.41) is 3.37. The van der Waals surface area contributed by atoms with Crippen LogP contribution in [0.25, 0.3) is 77.8 Å². The highest BCUT2D eigenvalue weighted by Gasteiger charge is 2.46. The minimum Gasteiger partial charge on any atom is -0.256 e. The van der Waals surface area contributed by atoms with E-state index in [0.717, 1.165) is 44.4 Å². The molecule has 2 heterocycles. The Bertz CT molecular complexity index is 3070. The topological polar surface area (TPSA) is 38.7 Å². The highest BCUT2D eigenvalue weighted by molar-refractivity contribution is 6.08. The van der Waals surface area contributed by atoms with Gasteiger partial charge >= 0.3 is 0 Å². The zero-order valence-electron chi connectivity index (χ0n) is 31.0. The van der Waals surface area contributed by atoms with Gasteiger partial charge in [-0.3, -0.25) is 4.98 Å². The van der Waals surface area contributed by atoms with Crippen molar-refractivity contribution in [3.63, 3.8) is 0 Å². The van der Waals surface area contributed by atoms with Gasteiger partial charge in [-0.25, -0.2) is 9.97 Å². The van der Waals surface area contributed by atoms with Crippen LogP contribution in [0.5, 0.6) is 0 Å². The maximum absolute atomic E-state index is 5.28. The molecule has 8 aromatic carbocycles. The number of rotatable bonds is 6. The van der Waals surface area contributed by atoms with Crippen LogP contribution in [0.3, 0.4) is 0 Å². The van der Waals surface area contributed by atoms with Gasteiger partial charge in [-0.05, 0) is 73.5 Å². The lowest BCUT2D eigenvalue weighted by Gasteiger charge is -2.34. The summed E-state index contributed by atoms with van der Waals surface area (Å²) >= 11 is 0. The van der Waals surface area contributed by atoms with E-state index in [4.69, 9.17) is 9.97 Å². The van der Waals surface area contributed by atoms with E-state index in [1.54, 1.807) is 0 Å². The lowest BCUT2D eigenvalue weighted by atomic mass is 9.67. The Morgan fingerprint density at radius 3 is 1.61 bits per heavy atom. The molecule has 1 aliphatic rings. The van der Waals surface area contributed by atoms with E-state index >= 15 is 0 Å². The molecule has 0 N–H and O–H groups in total. The molecular formula is C54H35N3. The molecule has 0 bridgehead atoms. The molecular weight excluding hydrogens is 691 g/mol. The molecule has 0 fully saturated rings. The molecule has 0 atom stereocenters. The normalized spacial score (nSPS) is 12.7. The van der Waals surface area contributed by atoms with Crippen molar-refractivity contribution in [1.82, 2.24) is 15.0 Å². The van der Waals surface area contributed by atoms with Crippen LogP contribution in [-0.2, 0) is 5.41 Å². The summed E-state index contributed by atoms with van der Waals surface area (Å²) in [6, 6.07) is 73.9. The molecule has 3 nitrogen and oxygen atoms in total. The quantitative estimate of drug-likeness (QED) is 0.171. The summed E-state index contributed by atoms with van der Waals surface area (Å²) in [6.07, 6.45) is 1.84. The molecule has 0 unspecified atom stereocenters. The van der Waals surface area contributed by atoms with Gasteiger partial charge in [0, 0.05) is 28.3 Å². The monoisotopic (exact) mass is 725 g/mol. The molecule has 0 spiro atoms. The maximum Gasteiger partial charge on any atom is 0.160 e. The van der Waals surface area contributed by atoms with Crippen LogP contribution in [0, 0.1) is 0 Å². The Kier molecular flexibility index (Phi) is 7.71. The summed E-state index contributed by atoms with van der Waals surface area (Å²) in [7, 11) is 0. The Hall–Kier alpha value is -7.49. The second kappa shape index (κ2) is 13.4. The van der Waals surface area contributed by atoms with Gasteiger partial charge in [-0.2, -0.15) is 0 Å².